The van der Waals surface area contributed by atoms with E-state index in [0.717, 1.165) is 15.8 Å². The van der Waals surface area contributed by atoms with Gasteiger partial charge in [-0.2, -0.15) is 5.10 Å². The number of rotatable bonds is 6. The van der Waals surface area contributed by atoms with Crippen LogP contribution in [0.4, 0.5) is 5.13 Å². The largest absolute Gasteiger partial charge is 0.278 e. The van der Waals surface area contributed by atoms with Crippen molar-refractivity contribution in [3.05, 3.63) is 71.8 Å². The van der Waals surface area contributed by atoms with Gasteiger partial charge in [0.25, 0.3) is 5.91 Å². The van der Waals surface area contributed by atoms with Crippen molar-refractivity contribution in [2.75, 3.05) is 4.90 Å². The third kappa shape index (κ3) is 3.85. The van der Waals surface area contributed by atoms with Crippen molar-refractivity contribution in [1.29, 1.82) is 0 Å². The Morgan fingerprint density at radius 2 is 1.93 bits per heavy atom. The molecule has 0 aliphatic carbocycles. The van der Waals surface area contributed by atoms with Crippen LogP contribution in [0, 0.1) is 0 Å². The second kappa shape index (κ2) is 8.36. The number of fused-ring (bicyclic) bond motifs is 1. The zero-order chi connectivity index (χ0) is 21.3. The van der Waals surface area contributed by atoms with Crippen LogP contribution < -0.4 is 4.90 Å². The topological polar surface area (TPSA) is 63.9 Å². The van der Waals surface area contributed by atoms with Gasteiger partial charge in [0.1, 0.15) is 5.69 Å². The zero-order valence-electron chi connectivity index (χ0n) is 17.6. The first-order valence-corrected chi connectivity index (χ1v) is 10.9. The number of thiazole rings is 1. The molecular weight excluding hydrogens is 394 g/mol. The molecule has 0 atom stereocenters. The number of para-hydroxylation sites is 1. The predicted octanol–water partition coefficient (Wildman–Crippen LogP) is 5.44. The maximum atomic E-state index is 13.6. The van der Waals surface area contributed by atoms with Gasteiger partial charge in [-0.3, -0.25) is 19.4 Å². The molecule has 30 heavy (non-hydrogen) atoms. The average Bonchev–Trinajstić information content (AvgIpc) is 3.39. The van der Waals surface area contributed by atoms with Gasteiger partial charge in [0.15, 0.2) is 5.13 Å². The van der Waals surface area contributed by atoms with Crippen molar-refractivity contribution in [2.24, 2.45) is 0 Å². The smallest absolute Gasteiger partial charge is 0.278 e. The molecule has 3 heterocycles. The summed E-state index contributed by atoms with van der Waals surface area (Å²) >= 11 is 1.54. The lowest BCUT2D eigenvalue weighted by Gasteiger charge is -2.21. The highest BCUT2D eigenvalue weighted by molar-refractivity contribution is 7.22. The van der Waals surface area contributed by atoms with Gasteiger partial charge in [0.05, 0.1) is 16.8 Å². The van der Waals surface area contributed by atoms with Crippen molar-refractivity contribution < 1.29 is 4.79 Å². The molecule has 3 aromatic heterocycles. The Labute approximate surface area is 180 Å². The number of benzene rings is 1. The number of hydrogen-bond acceptors (Lipinski definition) is 5. The SMILES string of the molecule is CC(C)c1cccc2sc(N(Cc3cccnc3)C(=O)c3ccnn3C(C)C)nc12. The third-order valence-corrected chi connectivity index (χ3v) is 6.02. The molecular formula is C23H25N5OS. The Hall–Kier alpha value is -3.06. The first kappa shape index (κ1) is 20.2. The van der Waals surface area contributed by atoms with Crippen LogP contribution in [0.1, 0.15) is 61.3 Å². The molecule has 0 aliphatic heterocycles. The normalized spacial score (nSPS) is 11.5. The summed E-state index contributed by atoms with van der Waals surface area (Å²) in [6, 6.07) is 11.9. The highest BCUT2D eigenvalue weighted by atomic mass is 32.1. The van der Waals surface area contributed by atoms with Gasteiger partial charge in [-0.1, -0.05) is 43.4 Å². The average molecular weight is 420 g/mol. The maximum Gasteiger partial charge on any atom is 0.278 e. The number of nitrogens with zero attached hydrogens (tertiary/aromatic N) is 5. The van der Waals surface area contributed by atoms with Gasteiger partial charge in [0, 0.05) is 24.6 Å². The predicted molar refractivity (Wildman–Crippen MR) is 121 cm³/mol. The molecule has 0 radical (unpaired) electrons. The highest BCUT2D eigenvalue weighted by Gasteiger charge is 2.26. The van der Waals surface area contributed by atoms with E-state index in [0.29, 0.717) is 23.3 Å². The number of anilines is 1. The first-order chi connectivity index (χ1) is 14.5. The van der Waals surface area contributed by atoms with Crippen LogP contribution in [0.25, 0.3) is 10.2 Å². The van der Waals surface area contributed by atoms with Gasteiger partial charge in [-0.05, 0) is 49.1 Å². The monoisotopic (exact) mass is 419 g/mol. The van der Waals surface area contributed by atoms with Crippen molar-refractivity contribution in [3.63, 3.8) is 0 Å². The number of amides is 1. The minimum atomic E-state index is -0.116. The van der Waals surface area contributed by atoms with Crippen molar-refractivity contribution in [1.82, 2.24) is 19.7 Å². The van der Waals surface area contributed by atoms with E-state index < -0.39 is 0 Å². The van der Waals surface area contributed by atoms with E-state index in [4.69, 9.17) is 4.98 Å². The van der Waals surface area contributed by atoms with E-state index in [9.17, 15) is 4.79 Å². The zero-order valence-corrected chi connectivity index (χ0v) is 18.4. The molecule has 1 aromatic carbocycles. The van der Waals surface area contributed by atoms with Gasteiger partial charge in [0.2, 0.25) is 0 Å². The molecule has 6 nitrogen and oxygen atoms in total. The fourth-order valence-corrected chi connectivity index (χ4v) is 4.47. The maximum absolute atomic E-state index is 13.6. The second-order valence-electron chi connectivity index (χ2n) is 7.85. The number of carbonyl (C=O) groups excluding carboxylic acids is 1. The summed E-state index contributed by atoms with van der Waals surface area (Å²) in [7, 11) is 0. The minimum Gasteiger partial charge on any atom is -0.278 e. The molecule has 7 heteroatoms. The van der Waals surface area contributed by atoms with Crippen LogP contribution in [0.3, 0.4) is 0 Å². The van der Waals surface area contributed by atoms with E-state index in [1.54, 1.807) is 34.2 Å². The fourth-order valence-electron chi connectivity index (χ4n) is 3.47. The number of aromatic nitrogens is 4. The molecule has 0 spiro atoms. The summed E-state index contributed by atoms with van der Waals surface area (Å²) in [4.78, 5) is 24.5. The van der Waals surface area contributed by atoms with Crippen LogP contribution in [-0.4, -0.2) is 25.7 Å². The summed E-state index contributed by atoms with van der Waals surface area (Å²) in [5.41, 5.74) is 3.66. The molecule has 0 N–H and O–H groups in total. The first-order valence-electron chi connectivity index (χ1n) is 10.1. The molecule has 0 aliphatic rings. The van der Waals surface area contributed by atoms with Crippen molar-refractivity contribution in [2.45, 2.75) is 46.2 Å². The van der Waals surface area contributed by atoms with Gasteiger partial charge in [-0.15, -0.1) is 0 Å². The Bertz CT molecular complexity index is 1160. The van der Waals surface area contributed by atoms with Gasteiger partial charge in [-0.25, -0.2) is 4.98 Å². The van der Waals surface area contributed by atoms with E-state index >= 15 is 0 Å². The van der Waals surface area contributed by atoms with Crippen molar-refractivity contribution in [3.8, 4) is 0 Å². The number of carbonyl (C=O) groups is 1. The Morgan fingerprint density at radius 3 is 2.63 bits per heavy atom. The van der Waals surface area contributed by atoms with Crippen LogP contribution in [0.15, 0.2) is 55.0 Å². The van der Waals surface area contributed by atoms with Crippen LogP contribution >= 0.6 is 11.3 Å². The van der Waals surface area contributed by atoms with Gasteiger partial charge < -0.3 is 0 Å². The lowest BCUT2D eigenvalue weighted by molar-refractivity contribution is 0.0973. The van der Waals surface area contributed by atoms with E-state index in [1.165, 1.54) is 16.9 Å². The van der Waals surface area contributed by atoms with Crippen molar-refractivity contribution >= 4 is 32.6 Å². The minimum absolute atomic E-state index is 0.0853. The summed E-state index contributed by atoms with van der Waals surface area (Å²) in [6.07, 6.45) is 5.19. The van der Waals surface area contributed by atoms with E-state index in [1.807, 2.05) is 26.0 Å². The Morgan fingerprint density at radius 1 is 1.10 bits per heavy atom. The van der Waals surface area contributed by atoms with E-state index in [-0.39, 0.29) is 11.9 Å². The summed E-state index contributed by atoms with van der Waals surface area (Å²) in [6.45, 7) is 8.75. The third-order valence-electron chi connectivity index (χ3n) is 4.98. The molecule has 0 saturated carbocycles. The van der Waals surface area contributed by atoms with Gasteiger partial charge >= 0.3 is 0 Å². The summed E-state index contributed by atoms with van der Waals surface area (Å²) in [5.74, 6) is 0.240. The summed E-state index contributed by atoms with van der Waals surface area (Å²) < 4.78 is 2.84. The summed E-state index contributed by atoms with van der Waals surface area (Å²) in [5, 5.41) is 5.02. The standard InChI is InChI=1S/C23H25N5OS/c1-15(2)18-8-5-9-20-21(18)26-23(30-20)27(14-17-7-6-11-24-13-17)22(29)19-10-12-25-28(19)16(3)4/h5-13,15-16H,14H2,1-4H3. The quantitative estimate of drug-likeness (QED) is 0.417. The molecule has 1 amide bonds. The lowest BCUT2D eigenvalue weighted by atomic mass is 10.0. The Kier molecular flexibility index (Phi) is 5.63. The highest BCUT2D eigenvalue weighted by Crippen LogP contribution is 2.34. The lowest BCUT2D eigenvalue weighted by Crippen LogP contribution is -2.32. The fraction of sp³-hybridized carbons (Fsp3) is 0.304. The molecule has 0 fully saturated rings. The molecule has 0 saturated heterocycles. The number of hydrogen-bond donors (Lipinski definition) is 0. The van der Waals surface area contributed by atoms with E-state index in [2.05, 4.69) is 42.1 Å². The Balaban J connectivity index is 1.81. The second-order valence-corrected chi connectivity index (χ2v) is 8.86. The van der Waals surface area contributed by atoms with Crippen LogP contribution in [0.2, 0.25) is 0 Å². The molecule has 4 rings (SSSR count). The number of pyridine rings is 1. The molecule has 4 aromatic rings. The molecule has 0 unspecified atom stereocenters. The molecule has 0 bridgehead atoms. The van der Waals surface area contributed by atoms with Crippen LogP contribution in [-0.2, 0) is 6.54 Å². The molecule has 154 valence electrons. The van der Waals surface area contributed by atoms with Crippen LogP contribution in [0.5, 0.6) is 0 Å².